The molecule has 19 heavy (non-hydrogen) atoms. The Balaban J connectivity index is 2.17. The van der Waals surface area contributed by atoms with Crippen molar-refractivity contribution in [2.75, 3.05) is 0 Å². The van der Waals surface area contributed by atoms with Gasteiger partial charge in [0, 0.05) is 12.1 Å². The fourth-order valence-electron chi connectivity index (χ4n) is 2.10. The Morgan fingerprint density at radius 1 is 1.16 bits per heavy atom. The smallest absolute Gasteiger partial charge is 0.154 e. The van der Waals surface area contributed by atoms with Gasteiger partial charge in [-0.1, -0.05) is 0 Å². The van der Waals surface area contributed by atoms with Crippen molar-refractivity contribution in [2.24, 2.45) is 5.73 Å². The molecular weight excluding hydrogens is 243 g/mol. The van der Waals surface area contributed by atoms with Crippen LogP contribution in [0.4, 0.5) is 4.39 Å². The number of halogens is 1. The van der Waals surface area contributed by atoms with Crippen LogP contribution in [0.3, 0.4) is 0 Å². The molecular formula is C14H13FN4. The largest absolute Gasteiger partial charge is 0.325 e. The molecule has 0 amide bonds. The highest BCUT2D eigenvalue weighted by Gasteiger charge is 2.09. The predicted molar refractivity (Wildman–Crippen MR) is 71.0 cm³/mol. The molecule has 0 aliphatic heterocycles. The van der Waals surface area contributed by atoms with E-state index in [1.54, 1.807) is 16.6 Å². The number of hydrogen-bond donors (Lipinski definition) is 1. The van der Waals surface area contributed by atoms with Crippen molar-refractivity contribution in [3.05, 3.63) is 53.6 Å². The quantitative estimate of drug-likeness (QED) is 0.765. The van der Waals surface area contributed by atoms with Crippen LogP contribution in [-0.4, -0.2) is 14.6 Å². The second kappa shape index (κ2) is 4.44. The molecule has 0 unspecified atom stereocenters. The van der Waals surface area contributed by atoms with Crippen molar-refractivity contribution in [1.29, 1.82) is 0 Å². The SMILES string of the molecule is Cc1nc2ccc(-c3ccc(F)cc3)nn2c1CN. The first kappa shape index (κ1) is 11.8. The molecule has 0 fully saturated rings. The zero-order valence-electron chi connectivity index (χ0n) is 10.5. The molecule has 0 atom stereocenters. The summed E-state index contributed by atoms with van der Waals surface area (Å²) in [5.74, 6) is -0.258. The Morgan fingerprint density at radius 3 is 2.58 bits per heavy atom. The summed E-state index contributed by atoms with van der Waals surface area (Å²) in [7, 11) is 0. The molecule has 1 aromatic carbocycles. The second-order valence-electron chi connectivity index (χ2n) is 4.34. The van der Waals surface area contributed by atoms with E-state index in [1.807, 2.05) is 19.1 Å². The van der Waals surface area contributed by atoms with Gasteiger partial charge in [0.15, 0.2) is 5.65 Å². The van der Waals surface area contributed by atoms with E-state index in [0.717, 1.165) is 28.3 Å². The number of aryl methyl sites for hydroxylation is 1. The monoisotopic (exact) mass is 256 g/mol. The van der Waals surface area contributed by atoms with Crippen LogP contribution < -0.4 is 5.73 Å². The summed E-state index contributed by atoms with van der Waals surface area (Å²) in [6, 6.07) is 10.0. The van der Waals surface area contributed by atoms with Gasteiger partial charge in [0.1, 0.15) is 5.82 Å². The first-order chi connectivity index (χ1) is 9.19. The fourth-order valence-corrected chi connectivity index (χ4v) is 2.10. The topological polar surface area (TPSA) is 56.2 Å². The maximum absolute atomic E-state index is 12.9. The van der Waals surface area contributed by atoms with E-state index in [2.05, 4.69) is 10.1 Å². The van der Waals surface area contributed by atoms with Gasteiger partial charge in [-0.15, -0.1) is 0 Å². The average Bonchev–Trinajstić information content (AvgIpc) is 2.74. The molecule has 0 aliphatic carbocycles. The van der Waals surface area contributed by atoms with E-state index in [4.69, 9.17) is 5.73 Å². The lowest BCUT2D eigenvalue weighted by Gasteiger charge is -2.03. The summed E-state index contributed by atoms with van der Waals surface area (Å²) in [5, 5.41) is 4.52. The number of imidazole rings is 1. The molecule has 2 aromatic heterocycles. The lowest BCUT2D eigenvalue weighted by atomic mass is 10.1. The number of hydrogen-bond acceptors (Lipinski definition) is 3. The van der Waals surface area contributed by atoms with Crippen LogP contribution in [-0.2, 0) is 6.54 Å². The van der Waals surface area contributed by atoms with Gasteiger partial charge in [0.25, 0.3) is 0 Å². The normalized spacial score (nSPS) is 11.1. The third kappa shape index (κ3) is 1.98. The van der Waals surface area contributed by atoms with Gasteiger partial charge < -0.3 is 5.73 Å². The lowest BCUT2D eigenvalue weighted by Crippen LogP contribution is -2.05. The Morgan fingerprint density at radius 2 is 1.89 bits per heavy atom. The third-order valence-electron chi connectivity index (χ3n) is 3.10. The van der Waals surface area contributed by atoms with E-state index in [0.29, 0.717) is 6.54 Å². The van der Waals surface area contributed by atoms with Gasteiger partial charge in [-0.2, -0.15) is 5.10 Å². The molecule has 0 spiro atoms. The van der Waals surface area contributed by atoms with Crippen LogP contribution >= 0.6 is 0 Å². The number of rotatable bonds is 2. The Labute approximate surface area is 109 Å². The maximum atomic E-state index is 12.9. The molecule has 0 bridgehead atoms. The Kier molecular flexibility index (Phi) is 2.76. The minimum atomic E-state index is -0.258. The number of aromatic nitrogens is 3. The molecule has 0 saturated heterocycles. The molecule has 4 nitrogen and oxygen atoms in total. The fraction of sp³-hybridized carbons (Fsp3) is 0.143. The number of nitrogens with zero attached hydrogens (tertiary/aromatic N) is 3. The van der Waals surface area contributed by atoms with Crippen LogP contribution in [0.5, 0.6) is 0 Å². The van der Waals surface area contributed by atoms with E-state index in [1.165, 1.54) is 12.1 Å². The molecule has 3 aromatic rings. The number of fused-ring (bicyclic) bond motifs is 1. The molecule has 0 radical (unpaired) electrons. The molecule has 2 N–H and O–H groups in total. The highest BCUT2D eigenvalue weighted by Crippen LogP contribution is 2.19. The highest BCUT2D eigenvalue weighted by molar-refractivity contribution is 5.60. The van der Waals surface area contributed by atoms with Gasteiger partial charge in [-0.05, 0) is 43.3 Å². The first-order valence-corrected chi connectivity index (χ1v) is 6.00. The summed E-state index contributed by atoms with van der Waals surface area (Å²) in [6.07, 6.45) is 0. The van der Waals surface area contributed by atoms with Crippen LogP contribution in [0.2, 0.25) is 0 Å². The molecule has 5 heteroatoms. The minimum absolute atomic E-state index is 0.258. The van der Waals surface area contributed by atoms with Crippen LogP contribution in [0, 0.1) is 12.7 Å². The number of benzene rings is 1. The minimum Gasteiger partial charge on any atom is -0.325 e. The molecule has 2 heterocycles. The molecule has 0 aliphatic rings. The van der Waals surface area contributed by atoms with Crippen molar-refractivity contribution < 1.29 is 4.39 Å². The van der Waals surface area contributed by atoms with Gasteiger partial charge in [0.05, 0.1) is 17.1 Å². The third-order valence-corrected chi connectivity index (χ3v) is 3.10. The summed E-state index contributed by atoms with van der Waals surface area (Å²) in [4.78, 5) is 4.39. The van der Waals surface area contributed by atoms with Crippen LogP contribution in [0.15, 0.2) is 36.4 Å². The van der Waals surface area contributed by atoms with Crippen LogP contribution in [0.1, 0.15) is 11.4 Å². The van der Waals surface area contributed by atoms with E-state index < -0.39 is 0 Å². The summed E-state index contributed by atoms with van der Waals surface area (Å²) in [6.45, 7) is 2.29. The molecule has 3 rings (SSSR count). The van der Waals surface area contributed by atoms with Gasteiger partial charge in [0.2, 0.25) is 0 Å². The average molecular weight is 256 g/mol. The van der Waals surface area contributed by atoms with Crippen molar-refractivity contribution >= 4 is 5.65 Å². The van der Waals surface area contributed by atoms with Crippen molar-refractivity contribution in [3.8, 4) is 11.3 Å². The highest BCUT2D eigenvalue weighted by atomic mass is 19.1. The zero-order valence-corrected chi connectivity index (χ0v) is 10.5. The van der Waals surface area contributed by atoms with E-state index >= 15 is 0 Å². The van der Waals surface area contributed by atoms with Gasteiger partial charge in [-0.3, -0.25) is 0 Å². The Hall–Kier alpha value is -2.27. The van der Waals surface area contributed by atoms with E-state index in [-0.39, 0.29) is 5.82 Å². The Bertz CT molecular complexity index is 731. The zero-order chi connectivity index (χ0) is 13.4. The van der Waals surface area contributed by atoms with E-state index in [9.17, 15) is 4.39 Å². The van der Waals surface area contributed by atoms with Gasteiger partial charge >= 0.3 is 0 Å². The van der Waals surface area contributed by atoms with Crippen molar-refractivity contribution in [3.63, 3.8) is 0 Å². The summed E-state index contributed by atoms with van der Waals surface area (Å²) in [5.41, 5.74) is 9.88. The second-order valence-corrected chi connectivity index (χ2v) is 4.34. The summed E-state index contributed by atoms with van der Waals surface area (Å²) >= 11 is 0. The van der Waals surface area contributed by atoms with Crippen molar-refractivity contribution in [1.82, 2.24) is 14.6 Å². The van der Waals surface area contributed by atoms with Gasteiger partial charge in [-0.25, -0.2) is 13.9 Å². The first-order valence-electron chi connectivity index (χ1n) is 6.00. The standard InChI is InChI=1S/C14H13FN4/c1-9-13(8-16)19-14(17-9)7-6-12(18-19)10-2-4-11(15)5-3-10/h2-7H,8,16H2,1H3. The maximum Gasteiger partial charge on any atom is 0.154 e. The summed E-state index contributed by atoms with van der Waals surface area (Å²) < 4.78 is 14.7. The lowest BCUT2D eigenvalue weighted by molar-refractivity contribution is 0.628. The molecule has 0 saturated carbocycles. The van der Waals surface area contributed by atoms with Crippen LogP contribution in [0.25, 0.3) is 16.9 Å². The predicted octanol–water partition coefficient (Wildman–Crippen LogP) is 2.30. The molecule has 96 valence electrons. The number of nitrogens with two attached hydrogens (primary N) is 1. The van der Waals surface area contributed by atoms with Crippen molar-refractivity contribution in [2.45, 2.75) is 13.5 Å².